The van der Waals surface area contributed by atoms with Gasteiger partial charge in [0.15, 0.2) is 0 Å². The van der Waals surface area contributed by atoms with Gasteiger partial charge in [-0.3, -0.25) is 0 Å². The molecule has 0 unspecified atom stereocenters. The molecule has 0 aliphatic heterocycles. The van der Waals surface area contributed by atoms with Crippen molar-refractivity contribution in [1.29, 1.82) is 0 Å². The van der Waals surface area contributed by atoms with Crippen LogP contribution in [0.3, 0.4) is 0 Å². The van der Waals surface area contributed by atoms with Crippen LogP contribution >= 0.6 is 11.3 Å². The highest BCUT2D eigenvalue weighted by Gasteiger charge is 2.30. The first-order chi connectivity index (χ1) is 9.89. The topological polar surface area (TPSA) is 49.4 Å². The van der Waals surface area contributed by atoms with E-state index in [1.165, 1.54) is 11.3 Å². The molecule has 0 saturated heterocycles. The highest BCUT2D eigenvalue weighted by molar-refractivity contribution is 7.89. The first-order valence-corrected chi connectivity index (χ1v) is 9.97. The fourth-order valence-corrected chi connectivity index (χ4v) is 5.71. The van der Waals surface area contributed by atoms with E-state index < -0.39 is 10.0 Å². The summed E-state index contributed by atoms with van der Waals surface area (Å²) in [4.78, 5) is 1.42. The first-order valence-electron chi connectivity index (χ1n) is 7.65. The fourth-order valence-electron chi connectivity index (χ4n) is 2.48. The molecule has 0 aromatic carbocycles. The Morgan fingerprint density at radius 2 is 1.90 bits per heavy atom. The van der Waals surface area contributed by atoms with Gasteiger partial charge < -0.3 is 5.32 Å². The molecule has 1 heterocycles. The van der Waals surface area contributed by atoms with Gasteiger partial charge in [0.2, 0.25) is 10.0 Å². The lowest BCUT2D eigenvalue weighted by Crippen LogP contribution is -2.37. The molecule has 1 aromatic heterocycles. The molecule has 0 amide bonds. The lowest BCUT2D eigenvalue weighted by atomic mass is 10.2. The Balaban J connectivity index is 3.10. The molecule has 21 heavy (non-hydrogen) atoms. The maximum atomic E-state index is 12.9. The SMILES string of the molecule is CCCNCc1scc(C)c1S(=O)(=O)N(C)C(CC)CC. The van der Waals surface area contributed by atoms with E-state index in [0.717, 1.165) is 36.2 Å². The van der Waals surface area contributed by atoms with Gasteiger partial charge in [-0.1, -0.05) is 20.8 Å². The molecule has 1 aromatic rings. The minimum absolute atomic E-state index is 0.0609. The Morgan fingerprint density at radius 1 is 1.29 bits per heavy atom. The largest absolute Gasteiger partial charge is 0.312 e. The van der Waals surface area contributed by atoms with Crippen LogP contribution < -0.4 is 5.32 Å². The van der Waals surface area contributed by atoms with E-state index >= 15 is 0 Å². The fraction of sp³-hybridized carbons (Fsp3) is 0.733. The smallest absolute Gasteiger partial charge is 0.244 e. The number of aryl methyl sites for hydroxylation is 1. The van der Waals surface area contributed by atoms with Gasteiger partial charge in [0.25, 0.3) is 0 Å². The van der Waals surface area contributed by atoms with E-state index in [1.807, 2.05) is 26.2 Å². The second kappa shape index (κ2) is 8.27. The molecule has 122 valence electrons. The maximum Gasteiger partial charge on any atom is 0.244 e. The minimum atomic E-state index is -3.41. The number of nitrogens with one attached hydrogen (secondary N) is 1. The molecule has 0 fully saturated rings. The summed E-state index contributed by atoms with van der Waals surface area (Å²) in [5.41, 5.74) is 0.853. The molecule has 1 rings (SSSR count). The standard InChI is InChI=1S/C15H28N2O2S2/c1-6-9-16-10-14-15(12(4)11-20-14)21(18,19)17(5)13(7-2)8-3/h11,13,16H,6-10H2,1-5H3. The summed E-state index contributed by atoms with van der Waals surface area (Å²) >= 11 is 1.53. The zero-order valence-corrected chi connectivity index (χ0v) is 15.4. The van der Waals surface area contributed by atoms with Crippen LogP contribution in [0.15, 0.2) is 10.3 Å². The lowest BCUT2D eigenvalue weighted by molar-refractivity contribution is 0.349. The Bertz CT molecular complexity index is 534. The number of thiophene rings is 1. The summed E-state index contributed by atoms with van der Waals surface area (Å²) < 4.78 is 27.4. The normalized spacial score (nSPS) is 12.5. The van der Waals surface area contributed by atoms with Crippen molar-refractivity contribution >= 4 is 21.4 Å². The van der Waals surface area contributed by atoms with Crippen LogP contribution in [0.4, 0.5) is 0 Å². The molecule has 0 radical (unpaired) electrons. The van der Waals surface area contributed by atoms with E-state index in [4.69, 9.17) is 0 Å². The summed E-state index contributed by atoms with van der Waals surface area (Å²) in [6.45, 7) is 9.57. The van der Waals surface area contributed by atoms with Gasteiger partial charge in [-0.2, -0.15) is 4.31 Å². The monoisotopic (exact) mass is 332 g/mol. The van der Waals surface area contributed by atoms with Crippen LogP contribution in [0.5, 0.6) is 0 Å². The molecule has 0 bridgehead atoms. The molecule has 0 spiro atoms. The van der Waals surface area contributed by atoms with Crippen LogP contribution in [-0.4, -0.2) is 32.4 Å². The highest BCUT2D eigenvalue weighted by atomic mass is 32.2. The van der Waals surface area contributed by atoms with E-state index in [1.54, 1.807) is 11.4 Å². The molecule has 0 aliphatic rings. The Hall–Kier alpha value is -0.430. The van der Waals surface area contributed by atoms with Crippen molar-refractivity contribution in [1.82, 2.24) is 9.62 Å². The molecule has 6 heteroatoms. The van der Waals surface area contributed by atoms with Crippen molar-refractivity contribution in [3.05, 3.63) is 15.8 Å². The van der Waals surface area contributed by atoms with Crippen molar-refractivity contribution in [3.8, 4) is 0 Å². The second-order valence-corrected chi connectivity index (χ2v) is 8.24. The van der Waals surface area contributed by atoms with E-state index in [2.05, 4.69) is 12.2 Å². The van der Waals surface area contributed by atoms with Gasteiger partial charge in [0, 0.05) is 24.5 Å². The van der Waals surface area contributed by atoms with E-state index in [0.29, 0.717) is 11.4 Å². The predicted octanol–water partition coefficient (Wildman–Crippen LogP) is 3.37. The van der Waals surface area contributed by atoms with Crippen molar-refractivity contribution in [2.24, 2.45) is 0 Å². The van der Waals surface area contributed by atoms with Crippen molar-refractivity contribution in [3.63, 3.8) is 0 Å². The molecule has 4 nitrogen and oxygen atoms in total. The van der Waals surface area contributed by atoms with Gasteiger partial charge in [0.05, 0.1) is 0 Å². The van der Waals surface area contributed by atoms with E-state index in [9.17, 15) is 8.42 Å². The van der Waals surface area contributed by atoms with Crippen LogP contribution in [0.1, 0.15) is 50.5 Å². The van der Waals surface area contributed by atoms with Gasteiger partial charge in [0.1, 0.15) is 4.90 Å². The number of nitrogens with zero attached hydrogens (tertiary/aromatic N) is 1. The zero-order chi connectivity index (χ0) is 16.0. The molecule has 0 saturated carbocycles. The third-order valence-corrected chi connectivity index (χ3v) is 7.17. The first kappa shape index (κ1) is 18.6. The Labute approximate surface area is 133 Å². The van der Waals surface area contributed by atoms with Crippen LogP contribution in [0.25, 0.3) is 0 Å². The zero-order valence-electron chi connectivity index (χ0n) is 13.8. The highest BCUT2D eigenvalue weighted by Crippen LogP contribution is 2.30. The van der Waals surface area contributed by atoms with Crippen LogP contribution in [0, 0.1) is 6.92 Å². The average molecular weight is 333 g/mol. The summed E-state index contributed by atoms with van der Waals surface area (Å²) in [6, 6.07) is 0.0609. The van der Waals surface area contributed by atoms with Crippen molar-refractivity contribution < 1.29 is 8.42 Å². The predicted molar refractivity (Wildman–Crippen MR) is 90.4 cm³/mol. The Morgan fingerprint density at radius 3 is 2.43 bits per heavy atom. The molecule has 0 atom stereocenters. The quantitative estimate of drug-likeness (QED) is 0.705. The molecular weight excluding hydrogens is 304 g/mol. The molecular formula is C15H28N2O2S2. The maximum absolute atomic E-state index is 12.9. The summed E-state index contributed by atoms with van der Waals surface area (Å²) in [5.74, 6) is 0. The second-order valence-electron chi connectivity index (χ2n) is 5.34. The van der Waals surface area contributed by atoms with Crippen molar-refractivity contribution in [2.45, 2.75) is 64.4 Å². The average Bonchev–Trinajstić information content (AvgIpc) is 2.82. The third-order valence-electron chi connectivity index (χ3n) is 3.80. The van der Waals surface area contributed by atoms with Gasteiger partial charge in [-0.25, -0.2) is 8.42 Å². The van der Waals surface area contributed by atoms with E-state index in [-0.39, 0.29) is 6.04 Å². The molecule has 1 N–H and O–H groups in total. The number of hydrogen-bond donors (Lipinski definition) is 1. The number of rotatable bonds is 9. The summed E-state index contributed by atoms with van der Waals surface area (Å²) in [5, 5.41) is 5.24. The van der Waals surface area contributed by atoms with Gasteiger partial charge >= 0.3 is 0 Å². The number of sulfonamides is 1. The van der Waals surface area contributed by atoms with Crippen molar-refractivity contribution in [2.75, 3.05) is 13.6 Å². The molecule has 0 aliphatic carbocycles. The summed E-state index contributed by atoms with van der Waals surface area (Å²) in [7, 11) is -1.71. The lowest BCUT2D eigenvalue weighted by Gasteiger charge is -2.26. The summed E-state index contributed by atoms with van der Waals surface area (Å²) in [6.07, 6.45) is 2.71. The minimum Gasteiger partial charge on any atom is -0.312 e. The van der Waals surface area contributed by atoms with Crippen LogP contribution in [-0.2, 0) is 16.6 Å². The number of hydrogen-bond acceptors (Lipinski definition) is 4. The van der Waals surface area contributed by atoms with Gasteiger partial charge in [-0.15, -0.1) is 11.3 Å². The van der Waals surface area contributed by atoms with Gasteiger partial charge in [-0.05, 0) is 43.7 Å². The Kier molecular flexibility index (Phi) is 7.33. The third kappa shape index (κ3) is 4.28. The van der Waals surface area contributed by atoms with Crippen LogP contribution in [0.2, 0.25) is 0 Å².